The van der Waals surface area contributed by atoms with Gasteiger partial charge in [-0.15, -0.1) is 0 Å². The monoisotopic (exact) mass is 173 g/mol. The van der Waals surface area contributed by atoms with Crippen LogP contribution in [-0.4, -0.2) is 25.2 Å². The number of hydrogen-bond acceptors (Lipinski definition) is 3. The van der Waals surface area contributed by atoms with Gasteiger partial charge in [-0.1, -0.05) is 13.8 Å². The minimum atomic E-state index is -0.195. The maximum Gasteiger partial charge on any atom is 0.322 e. The van der Waals surface area contributed by atoms with Gasteiger partial charge in [0.2, 0.25) is 0 Å². The van der Waals surface area contributed by atoms with Crippen molar-refractivity contribution >= 4 is 5.97 Å². The zero-order valence-electron chi connectivity index (χ0n) is 8.39. The van der Waals surface area contributed by atoms with E-state index in [9.17, 15) is 4.79 Å². The first-order chi connectivity index (χ1) is 5.65. The molecule has 0 aromatic rings. The molecule has 0 aliphatic rings. The Morgan fingerprint density at radius 1 is 1.42 bits per heavy atom. The SMILES string of the molecule is CCC(CC)N[C@@H](C)C(=O)OC. The lowest BCUT2D eigenvalue weighted by molar-refractivity contribution is -0.142. The van der Waals surface area contributed by atoms with Crippen molar-refractivity contribution in [3.8, 4) is 0 Å². The normalized spacial score (nSPS) is 13.1. The predicted molar refractivity (Wildman–Crippen MR) is 49.0 cm³/mol. The third-order valence-corrected chi connectivity index (χ3v) is 2.03. The summed E-state index contributed by atoms with van der Waals surface area (Å²) >= 11 is 0. The first kappa shape index (κ1) is 11.4. The van der Waals surface area contributed by atoms with E-state index >= 15 is 0 Å². The fraction of sp³-hybridized carbons (Fsp3) is 0.889. The highest BCUT2D eigenvalue weighted by atomic mass is 16.5. The largest absolute Gasteiger partial charge is 0.468 e. The summed E-state index contributed by atoms with van der Waals surface area (Å²) < 4.78 is 4.60. The Balaban J connectivity index is 3.80. The molecule has 12 heavy (non-hydrogen) atoms. The van der Waals surface area contributed by atoms with Gasteiger partial charge in [0.25, 0.3) is 0 Å². The molecule has 0 aliphatic heterocycles. The number of carbonyl (C=O) groups excluding carboxylic acids is 1. The zero-order chi connectivity index (χ0) is 9.56. The van der Waals surface area contributed by atoms with Crippen molar-refractivity contribution in [2.24, 2.45) is 0 Å². The molecule has 0 aliphatic carbocycles. The van der Waals surface area contributed by atoms with E-state index in [0.29, 0.717) is 6.04 Å². The van der Waals surface area contributed by atoms with Crippen LogP contribution in [0.25, 0.3) is 0 Å². The summed E-state index contributed by atoms with van der Waals surface area (Å²) in [6, 6.07) is 0.221. The molecule has 3 heteroatoms. The molecule has 0 aromatic heterocycles. The van der Waals surface area contributed by atoms with Crippen LogP contribution in [0.5, 0.6) is 0 Å². The van der Waals surface area contributed by atoms with Crippen molar-refractivity contribution in [2.45, 2.75) is 45.7 Å². The predicted octanol–water partition coefficient (Wildman–Crippen LogP) is 1.33. The fourth-order valence-corrected chi connectivity index (χ4v) is 1.12. The number of rotatable bonds is 5. The standard InChI is InChI=1S/C9H19NO2/c1-5-8(6-2)10-7(3)9(11)12-4/h7-8,10H,5-6H2,1-4H3/t7-/m0/s1. The molecule has 0 bridgehead atoms. The van der Waals surface area contributed by atoms with E-state index in [1.54, 1.807) is 0 Å². The summed E-state index contributed by atoms with van der Waals surface area (Å²) in [6.07, 6.45) is 2.08. The number of methoxy groups -OCH3 is 1. The zero-order valence-corrected chi connectivity index (χ0v) is 8.39. The fourth-order valence-electron chi connectivity index (χ4n) is 1.12. The van der Waals surface area contributed by atoms with Gasteiger partial charge in [0.05, 0.1) is 7.11 Å². The molecule has 0 saturated heterocycles. The molecule has 1 N–H and O–H groups in total. The van der Waals surface area contributed by atoms with E-state index in [2.05, 4.69) is 23.9 Å². The second kappa shape index (κ2) is 6.00. The highest BCUT2D eigenvalue weighted by molar-refractivity contribution is 5.75. The van der Waals surface area contributed by atoms with Gasteiger partial charge in [-0.05, 0) is 19.8 Å². The molecule has 0 radical (unpaired) electrons. The molecule has 0 rings (SSSR count). The van der Waals surface area contributed by atoms with Crippen LogP contribution < -0.4 is 5.32 Å². The first-order valence-electron chi connectivity index (χ1n) is 4.49. The van der Waals surface area contributed by atoms with Crippen molar-refractivity contribution in [3.63, 3.8) is 0 Å². The number of nitrogens with one attached hydrogen (secondary N) is 1. The van der Waals surface area contributed by atoms with E-state index in [1.165, 1.54) is 7.11 Å². The molecule has 0 unspecified atom stereocenters. The Kier molecular flexibility index (Phi) is 5.72. The summed E-state index contributed by atoms with van der Waals surface area (Å²) in [7, 11) is 1.41. The molecule has 0 saturated carbocycles. The summed E-state index contributed by atoms with van der Waals surface area (Å²) in [5.74, 6) is -0.193. The third-order valence-electron chi connectivity index (χ3n) is 2.03. The summed E-state index contributed by atoms with van der Waals surface area (Å²) in [6.45, 7) is 6.03. The van der Waals surface area contributed by atoms with E-state index in [0.717, 1.165) is 12.8 Å². The van der Waals surface area contributed by atoms with Crippen molar-refractivity contribution in [2.75, 3.05) is 7.11 Å². The van der Waals surface area contributed by atoms with Gasteiger partial charge in [-0.25, -0.2) is 0 Å². The van der Waals surface area contributed by atoms with Gasteiger partial charge < -0.3 is 10.1 Å². The highest BCUT2D eigenvalue weighted by Crippen LogP contribution is 1.98. The van der Waals surface area contributed by atoms with E-state index in [1.807, 2.05) is 6.92 Å². The molecule has 1 atom stereocenters. The summed E-state index contributed by atoms with van der Waals surface area (Å²) in [5, 5.41) is 3.19. The van der Waals surface area contributed by atoms with Crippen LogP contribution in [0.4, 0.5) is 0 Å². The lowest BCUT2D eigenvalue weighted by atomic mass is 10.1. The third kappa shape index (κ3) is 3.72. The second-order valence-corrected chi connectivity index (χ2v) is 2.92. The molecule has 72 valence electrons. The van der Waals surface area contributed by atoms with Gasteiger partial charge in [0.15, 0.2) is 0 Å². The number of carbonyl (C=O) groups is 1. The van der Waals surface area contributed by atoms with Crippen molar-refractivity contribution in [3.05, 3.63) is 0 Å². The Hall–Kier alpha value is -0.570. The van der Waals surface area contributed by atoms with E-state index in [4.69, 9.17) is 0 Å². The summed E-state index contributed by atoms with van der Waals surface area (Å²) in [5.41, 5.74) is 0. The number of esters is 1. The van der Waals surface area contributed by atoms with Crippen LogP contribution in [0, 0.1) is 0 Å². The Morgan fingerprint density at radius 3 is 2.25 bits per heavy atom. The number of ether oxygens (including phenoxy) is 1. The molecule has 0 spiro atoms. The molecular weight excluding hydrogens is 154 g/mol. The molecule has 3 nitrogen and oxygen atoms in total. The lowest BCUT2D eigenvalue weighted by Crippen LogP contribution is -2.41. The van der Waals surface area contributed by atoms with Crippen LogP contribution in [-0.2, 0) is 9.53 Å². The topological polar surface area (TPSA) is 38.3 Å². The van der Waals surface area contributed by atoms with E-state index in [-0.39, 0.29) is 12.0 Å². The van der Waals surface area contributed by atoms with Gasteiger partial charge in [-0.2, -0.15) is 0 Å². The first-order valence-corrected chi connectivity index (χ1v) is 4.49. The van der Waals surface area contributed by atoms with Crippen molar-refractivity contribution in [1.82, 2.24) is 5.32 Å². The minimum absolute atomic E-state index is 0.193. The van der Waals surface area contributed by atoms with Crippen LogP contribution >= 0.6 is 0 Å². The minimum Gasteiger partial charge on any atom is -0.468 e. The van der Waals surface area contributed by atoms with E-state index < -0.39 is 0 Å². The molecule has 0 amide bonds. The molecule has 0 aromatic carbocycles. The van der Waals surface area contributed by atoms with Gasteiger partial charge >= 0.3 is 5.97 Å². The Bertz CT molecular complexity index is 132. The summed E-state index contributed by atoms with van der Waals surface area (Å²) in [4.78, 5) is 11.0. The molecule has 0 heterocycles. The Labute approximate surface area is 74.5 Å². The average Bonchev–Trinajstić information content (AvgIpc) is 2.12. The maximum atomic E-state index is 11.0. The second-order valence-electron chi connectivity index (χ2n) is 2.92. The van der Waals surface area contributed by atoms with Gasteiger partial charge in [0, 0.05) is 6.04 Å². The average molecular weight is 173 g/mol. The highest BCUT2D eigenvalue weighted by Gasteiger charge is 2.15. The number of hydrogen-bond donors (Lipinski definition) is 1. The van der Waals surface area contributed by atoms with Crippen LogP contribution in [0.3, 0.4) is 0 Å². The Morgan fingerprint density at radius 2 is 1.92 bits per heavy atom. The maximum absolute atomic E-state index is 11.0. The van der Waals surface area contributed by atoms with Crippen LogP contribution in [0.1, 0.15) is 33.6 Å². The lowest BCUT2D eigenvalue weighted by Gasteiger charge is -2.18. The van der Waals surface area contributed by atoms with Crippen LogP contribution in [0.2, 0.25) is 0 Å². The van der Waals surface area contributed by atoms with Gasteiger partial charge in [0.1, 0.15) is 6.04 Å². The molecule has 0 fully saturated rings. The smallest absolute Gasteiger partial charge is 0.322 e. The molecular formula is C9H19NO2. The van der Waals surface area contributed by atoms with Gasteiger partial charge in [-0.3, -0.25) is 4.79 Å². The quantitative estimate of drug-likeness (QED) is 0.637. The van der Waals surface area contributed by atoms with Crippen molar-refractivity contribution in [1.29, 1.82) is 0 Å². The van der Waals surface area contributed by atoms with Crippen molar-refractivity contribution < 1.29 is 9.53 Å². The van der Waals surface area contributed by atoms with Crippen LogP contribution in [0.15, 0.2) is 0 Å².